The van der Waals surface area contributed by atoms with Crippen LogP contribution in [0, 0.1) is 5.82 Å². The molecule has 1 N–H and O–H groups in total. The van der Waals surface area contributed by atoms with E-state index in [9.17, 15) is 9.18 Å². The topological polar surface area (TPSA) is 67.6 Å². The Hall–Kier alpha value is -2.25. The number of aromatic nitrogens is 1. The van der Waals surface area contributed by atoms with E-state index in [2.05, 4.69) is 10.3 Å². The van der Waals surface area contributed by atoms with Gasteiger partial charge in [-0.25, -0.2) is 9.37 Å². The van der Waals surface area contributed by atoms with E-state index in [0.717, 1.165) is 32.4 Å². The van der Waals surface area contributed by atoms with Crippen LogP contribution in [-0.4, -0.2) is 42.2 Å². The summed E-state index contributed by atoms with van der Waals surface area (Å²) in [6, 6.07) is 5.80. The summed E-state index contributed by atoms with van der Waals surface area (Å²) in [5.41, 5.74) is 0.443. The van der Waals surface area contributed by atoms with E-state index in [4.69, 9.17) is 9.15 Å². The lowest BCUT2D eigenvalue weighted by atomic mass is 9.88. The number of carbonyl (C=O) groups excluding carboxylic acids is 1. The van der Waals surface area contributed by atoms with Crippen LogP contribution >= 0.6 is 0 Å². The van der Waals surface area contributed by atoms with Crippen molar-refractivity contribution >= 4 is 11.6 Å². The number of ether oxygens (including phenoxy) is 1. The largest absolute Gasteiger partial charge is 0.438 e. The maximum Gasteiger partial charge on any atom is 0.296 e. The molecule has 6 nitrogen and oxygen atoms in total. The van der Waals surface area contributed by atoms with Crippen LogP contribution in [0.15, 0.2) is 41.3 Å². The molecule has 1 spiro atoms. The lowest BCUT2D eigenvalue weighted by Crippen LogP contribution is -2.44. The third-order valence-electron chi connectivity index (χ3n) is 5.04. The van der Waals surface area contributed by atoms with Crippen LogP contribution in [-0.2, 0) is 4.74 Å². The van der Waals surface area contributed by atoms with Gasteiger partial charge < -0.3 is 19.4 Å². The molecule has 1 atom stereocenters. The van der Waals surface area contributed by atoms with Crippen molar-refractivity contribution in [2.45, 2.75) is 30.9 Å². The van der Waals surface area contributed by atoms with Gasteiger partial charge in [0.1, 0.15) is 5.82 Å². The molecule has 7 heteroatoms. The van der Waals surface area contributed by atoms with Crippen LogP contribution in [0.2, 0.25) is 0 Å². The predicted molar refractivity (Wildman–Crippen MR) is 88.9 cm³/mol. The number of benzene rings is 1. The van der Waals surface area contributed by atoms with Crippen molar-refractivity contribution in [1.29, 1.82) is 0 Å². The quantitative estimate of drug-likeness (QED) is 0.925. The number of hydrogen-bond donors (Lipinski definition) is 1. The zero-order valence-corrected chi connectivity index (χ0v) is 13.8. The highest BCUT2D eigenvalue weighted by Crippen LogP contribution is 2.38. The van der Waals surface area contributed by atoms with Crippen LogP contribution in [0.5, 0.6) is 0 Å². The Morgan fingerprint density at radius 1 is 1.28 bits per heavy atom. The van der Waals surface area contributed by atoms with Crippen LogP contribution in [0.3, 0.4) is 0 Å². The van der Waals surface area contributed by atoms with Crippen molar-refractivity contribution < 1.29 is 18.3 Å². The Morgan fingerprint density at radius 2 is 2.04 bits per heavy atom. The minimum atomic E-state index is -0.340. The molecule has 2 saturated heterocycles. The van der Waals surface area contributed by atoms with Crippen molar-refractivity contribution in [3.63, 3.8) is 0 Å². The van der Waals surface area contributed by atoms with Gasteiger partial charge in [0, 0.05) is 5.69 Å². The number of anilines is 1. The number of nitrogens with one attached hydrogen (secondary N) is 1. The molecule has 2 aliphatic rings. The molecule has 0 saturated carbocycles. The van der Waals surface area contributed by atoms with E-state index in [-0.39, 0.29) is 29.1 Å². The van der Waals surface area contributed by atoms with Gasteiger partial charge in [0.15, 0.2) is 6.39 Å². The first kappa shape index (κ1) is 16.2. The van der Waals surface area contributed by atoms with Gasteiger partial charge in [-0.1, -0.05) is 0 Å². The summed E-state index contributed by atoms with van der Waals surface area (Å²) < 4.78 is 24.6. The zero-order chi connectivity index (χ0) is 17.3. The number of piperidine rings is 1. The average molecular weight is 345 g/mol. The fourth-order valence-electron chi connectivity index (χ4n) is 3.75. The molecule has 1 unspecified atom stereocenters. The van der Waals surface area contributed by atoms with Gasteiger partial charge in [-0.3, -0.25) is 4.79 Å². The van der Waals surface area contributed by atoms with Crippen LogP contribution < -0.4 is 10.2 Å². The Labute approximate surface area is 145 Å². The fraction of sp³-hybridized carbons (Fsp3) is 0.444. The van der Waals surface area contributed by atoms with Crippen LogP contribution in [0.4, 0.5) is 10.1 Å². The van der Waals surface area contributed by atoms with E-state index in [1.165, 1.54) is 24.7 Å². The molecule has 1 amide bonds. The third kappa shape index (κ3) is 3.17. The summed E-state index contributed by atoms with van der Waals surface area (Å²) >= 11 is 0. The molecule has 3 heterocycles. The Bertz CT molecular complexity index is 727. The van der Waals surface area contributed by atoms with Gasteiger partial charge in [0.05, 0.1) is 24.4 Å². The molecule has 132 valence electrons. The van der Waals surface area contributed by atoms with Crippen molar-refractivity contribution in [3.05, 3.63) is 48.4 Å². The monoisotopic (exact) mass is 345 g/mol. The average Bonchev–Trinajstić information content (AvgIpc) is 3.29. The van der Waals surface area contributed by atoms with E-state index in [1.54, 1.807) is 17.0 Å². The van der Waals surface area contributed by atoms with Gasteiger partial charge in [-0.2, -0.15) is 0 Å². The number of oxazole rings is 1. The van der Waals surface area contributed by atoms with Gasteiger partial charge >= 0.3 is 0 Å². The highest BCUT2D eigenvalue weighted by atomic mass is 19.1. The van der Waals surface area contributed by atoms with E-state index in [1.807, 2.05) is 0 Å². The van der Waals surface area contributed by atoms with Gasteiger partial charge in [0.2, 0.25) is 5.76 Å². The lowest BCUT2D eigenvalue weighted by molar-refractivity contribution is -0.0193. The second kappa shape index (κ2) is 6.57. The maximum absolute atomic E-state index is 13.3. The minimum Gasteiger partial charge on any atom is -0.438 e. The highest BCUT2D eigenvalue weighted by Gasteiger charge is 2.45. The SMILES string of the molecule is O=C(c1cnco1)N(c1ccc(F)cc1)C1COC2(CCNCC2)C1. The molecule has 1 aromatic heterocycles. The Balaban J connectivity index is 1.63. The lowest BCUT2D eigenvalue weighted by Gasteiger charge is -2.34. The molecule has 4 rings (SSSR count). The number of rotatable bonds is 3. The first-order valence-corrected chi connectivity index (χ1v) is 8.49. The summed E-state index contributed by atoms with van der Waals surface area (Å²) in [5, 5.41) is 3.34. The number of halogens is 1. The third-order valence-corrected chi connectivity index (χ3v) is 5.04. The molecule has 0 bridgehead atoms. The highest BCUT2D eigenvalue weighted by molar-refractivity contribution is 6.04. The van der Waals surface area contributed by atoms with Crippen molar-refractivity contribution in [3.8, 4) is 0 Å². The van der Waals surface area contributed by atoms with E-state index in [0.29, 0.717) is 12.3 Å². The van der Waals surface area contributed by atoms with Crippen LogP contribution in [0.25, 0.3) is 0 Å². The van der Waals surface area contributed by atoms with Gasteiger partial charge in [0.25, 0.3) is 5.91 Å². The summed E-state index contributed by atoms with van der Waals surface area (Å²) in [6.45, 7) is 2.29. The molecule has 0 radical (unpaired) electrons. The molecular formula is C18H20FN3O3. The zero-order valence-electron chi connectivity index (χ0n) is 13.8. The number of amides is 1. The van der Waals surface area contributed by atoms with Gasteiger partial charge in [-0.05, 0) is 56.6 Å². The summed E-state index contributed by atoms with van der Waals surface area (Å²) in [6.07, 6.45) is 5.24. The molecule has 2 aromatic rings. The van der Waals surface area contributed by atoms with Gasteiger partial charge in [-0.15, -0.1) is 0 Å². The molecule has 1 aromatic carbocycles. The van der Waals surface area contributed by atoms with Crippen molar-refractivity contribution in [2.75, 3.05) is 24.6 Å². The normalized spacial score (nSPS) is 22.2. The number of nitrogens with zero attached hydrogens (tertiary/aromatic N) is 2. The second-order valence-corrected chi connectivity index (χ2v) is 6.62. The Morgan fingerprint density at radius 3 is 2.72 bits per heavy atom. The fourth-order valence-corrected chi connectivity index (χ4v) is 3.75. The smallest absolute Gasteiger partial charge is 0.296 e. The number of carbonyl (C=O) groups is 1. The first-order valence-electron chi connectivity index (χ1n) is 8.49. The summed E-state index contributed by atoms with van der Waals surface area (Å²) in [5.74, 6) is -0.465. The number of hydrogen-bond acceptors (Lipinski definition) is 5. The first-order chi connectivity index (χ1) is 12.2. The molecule has 2 fully saturated rings. The molecule has 0 aliphatic carbocycles. The van der Waals surface area contributed by atoms with Crippen molar-refractivity contribution in [2.24, 2.45) is 0 Å². The second-order valence-electron chi connectivity index (χ2n) is 6.62. The van der Waals surface area contributed by atoms with Crippen molar-refractivity contribution in [1.82, 2.24) is 10.3 Å². The maximum atomic E-state index is 13.3. The van der Waals surface area contributed by atoms with E-state index >= 15 is 0 Å². The van der Waals surface area contributed by atoms with E-state index < -0.39 is 0 Å². The minimum absolute atomic E-state index is 0.124. The molecular weight excluding hydrogens is 325 g/mol. The molecule has 2 aliphatic heterocycles. The predicted octanol–water partition coefficient (Wildman–Crippen LogP) is 2.37. The Kier molecular flexibility index (Phi) is 4.27. The standard InChI is InChI=1S/C18H20FN3O3/c19-13-1-3-14(4-2-13)22(17(23)16-10-21-12-24-16)15-9-18(25-11-15)5-7-20-8-6-18/h1-4,10,12,15,20H,5-9,11H2. The summed E-state index contributed by atoms with van der Waals surface area (Å²) in [4.78, 5) is 18.5. The summed E-state index contributed by atoms with van der Waals surface area (Å²) in [7, 11) is 0. The van der Waals surface area contributed by atoms with Crippen LogP contribution in [0.1, 0.15) is 29.8 Å². The molecule has 25 heavy (non-hydrogen) atoms.